The van der Waals surface area contributed by atoms with E-state index in [1.165, 1.54) is 12.1 Å². The average molecular weight is 138 g/mol. The van der Waals surface area contributed by atoms with Gasteiger partial charge in [-0.05, 0) is 12.3 Å². The Balaban J connectivity index is 2.82. The molecule has 0 bridgehead atoms. The van der Waals surface area contributed by atoms with E-state index in [1.807, 2.05) is 19.6 Å². The highest BCUT2D eigenvalue weighted by atomic mass is 15.0. The summed E-state index contributed by atoms with van der Waals surface area (Å²) in [7, 11) is 2.04. The van der Waals surface area contributed by atoms with E-state index >= 15 is 0 Å². The molecule has 1 rings (SSSR count). The van der Waals surface area contributed by atoms with E-state index < -0.39 is 0 Å². The fraction of sp³-hybridized carbons (Fsp3) is 0.625. The summed E-state index contributed by atoms with van der Waals surface area (Å²) in [6.07, 6.45) is 4.97. The molecule has 0 aliphatic rings. The van der Waals surface area contributed by atoms with Crippen LogP contribution in [0.15, 0.2) is 12.5 Å². The smallest absolute Gasteiger partial charge is 0.0945 e. The Morgan fingerprint density at radius 2 is 2.40 bits per heavy atom. The lowest BCUT2D eigenvalue weighted by Gasteiger charge is -2.07. The highest BCUT2D eigenvalue weighted by molar-refractivity contribution is 5.03. The van der Waals surface area contributed by atoms with Gasteiger partial charge in [0.25, 0.3) is 0 Å². The number of aryl methyl sites for hydroxylation is 1. The molecule has 0 saturated carbocycles. The van der Waals surface area contributed by atoms with Crippen molar-refractivity contribution < 1.29 is 0 Å². The number of hydrogen-bond acceptors (Lipinski definition) is 1. The Bertz CT molecular complexity index is 203. The zero-order chi connectivity index (χ0) is 7.56. The van der Waals surface area contributed by atoms with Crippen LogP contribution in [0.3, 0.4) is 0 Å². The largest absolute Gasteiger partial charge is 0.337 e. The van der Waals surface area contributed by atoms with Crippen LogP contribution in [0.1, 0.15) is 31.9 Å². The molecule has 1 aromatic heterocycles. The van der Waals surface area contributed by atoms with Crippen molar-refractivity contribution in [2.45, 2.75) is 26.2 Å². The standard InChI is InChI=1S/C8H14N2/c1-4-7(2)8-5-9-6-10(8)3/h5-7H,4H2,1-3H3. The lowest BCUT2D eigenvalue weighted by Crippen LogP contribution is -1.98. The van der Waals surface area contributed by atoms with Gasteiger partial charge in [0.1, 0.15) is 0 Å². The van der Waals surface area contributed by atoms with Crippen LogP contribution in [-0.4, -0.2) is 9.55 Å². The summed E-state index contributed by atoms with van der Waals surface area (Å²) in [4.78, 5) is 4.05. The molecule has 0 aliphatic heterocycles. The normalized spacial score (nSPS) is 13.5. The summed E-state index contributed by atoms with van der Waals surface area (Å²) in [6, 6.07) is 0. The molecule has 2 nitrogen and oxygen atoms in total. The predicted molar refractivity (Wildman–Crippen MR) is 41.9 cm³/mol. The van der Waals surface area contributed by atoms with Crippen molar-refractivity contribution >= 4 is 0 Å². The van der Waals surface area contributed by atoms with Gasteiger partial charge in [-0.3, -0.25) is 0 Å². The third kappa shape index (κ3) is 1.20. The van der Waals surface area contributed by atoms with Crippen molar-refractivity contribution in [1.29, 1.82) is 0 Å². The molecule has 0 spiro atoms. The molecule has 1 unspecified atom stereocenters. The minimum absolute atomic E-state index is 0.632. The number of rotatable bonds is 2. The molecule has 0 aliphatic carbocycles. The molecule has 10 heavy (non-hydrogen) atoms. The van der Waals surface area contributed by atoms with Crippen LogP contribution >= 0.6 is 0 Å². The van der Waals surface area contributed by atoms with E-state index in [0.29, 0.717) is 5.92 Å². The molecule has 1 heterocycles. The molecule has 1 aromatic rings. The fourth-order valence-electron chi connectivity index (χ4n) is 1.05. The lowest BCUT2D eigenvalue weighted by atomic mass is 10.1. The minimum atomic E-state index is 0.632. The van der Waals surface area contributed by atoms with Gasteiger partial charge in [0.15, 0.2) is 0 Å². The highest BCUT2D eigenvalue weighted by Crippen LogP contribution is 2.16. The third-order valence-electron chi connectivity index (χ3n) is 1.97. The summed E-state index contributed by atoms with van der Waals surface area (Å²) < 4.78 is 2.08. The first kappa shape index (κ1) is 7.32. The second-order valence-corrected chi connectivity index (χ2v) is 2.74. The molecule has 0 fully saturated rings. The molecular formula is C8H14N2. The number of hydrogen-bond donors (Lipinski definition) is 0. The molecule has 56 valence electrons. The van der Waals surface area contributed by atoms with E-state index in [-0.39, 0.29) is 0 Å². The van der Waals surface area contributed by atoms with Gasteiger partial charge in [0, 0.05) is 18.9 Å². The van der Waals surface area contributed by atoms with Crippen molar-refractivity contribution in [2.75, 3.05) is 0 Å². The summed E-state index contributed by atoms with van der Waals surface area (Å²) in [5.41, 5.74) is 1.32. The van der Waals surface area contributed by atoms with Crippen LogP contribution in [0.4, 0.5) is 0 Å². The molecular weight excluding hydrogens is 124 g/mol. The van der Waals surface area contributed by atoms with Gasteiger partial charge in [-0.2, -0.15) is 0 Å². The van der Waals surface area contributed by atoms with Crippen LogP contribution in [0.2, 0.25) is 0 Å². The summed E-state index contributed by atoms with van der Waals surface area (Å²) in [6.45, 7) is 4.41. The third-order valence-corrected chi connectivity index (χ3v) is 1.97. The van der Waals surface area contributed by atoms with Crippen molar-refractivity contribution in [1.82, 2.24) is 9.55 Å². The van der Waals surface area contributed by atoms with Crippen molar-refractivity contribution in [3.8, 4) is 0 Å². The van der Waals surface area contributed by atoms with Gasteiger partial charge in [-0.15, -0.1) is 0 Å². The summed E-state index contributed by atoms with van der Waals surface area (Å²) in [5.74, 6) is 0.632. The zero-order valence-corrected chi connectivity index (χ0v) is 6.83. The van der Waals surface area contributed by atoms with E-state index in [2.05, 4.69) is 23.4 Å². The number of nitrogens with zero attached hydrogens (tertiary/aromatic N) is 2. The van der Waals surface area contributed by atoms with Gasteiger partial charge in [-0.1, -0.05) is 13.8 Å². The maximum atomic E-state index is 4.05. The van der Waals surface area contributed by atoms with Crippen molar-refractivity contribution in [2.24, 2.45) is 7.05 Å². The van der Waals surface area contributed by atoms with Crippen LogP contribution in [0.5, 0.6) is 0 Å². The topological polar surface area (TPSA) is 17.8 Å². The van der Waals surface area contributed by atoms with Gasteiger partial charge < -0.3 is 4.57 Å². The summed E-state index contributed by atoms with van der Waals surface area (Å²) >= 11 is 0. The van der Waals surface area contributed by atoms with Gasteiger partial charge in [0.05, 0.1) is 6.33 Å². The predicted octanol–water partition coefficient (Wildman–Crippen LogP) is 1.93. The number of aromatic nitrogens is 2. The average Bonchev–Trinajstić information content (AvgIpc) is 2.34. The molecule has 0 saturated heterocycles. The summed E-state index contributed by atoms with van der Waals surface area (Å²) in [5, 5.41) is 0. The van der Waals surface area contributed by atoms with Crippen molar-refractivity contribution in [3.05, 3.63) is 18.2 Å². The van der Waals surface area contributed by atoms with Gasteiger partial charge in [-0.25, -0.2) is 4.98 Å². The number of imidazole rings is 1. The molecule has 0 amide bonds. The maximum absolute atomic E-state index is 4.05. The highest BCUT2D eigenvalue weighted by Gasteiger charge is 2.04. The molecule has 0 aromatic carbocycles. The van der Waals surface area contributed by atoms with E-state index in [9.17, 15) is 0 Å². The Labute approximate surface area is 61.9 Å². The lowest BCUT2D eigenvalue weighted by molar-refractivity contribution is 0.666. The first-order chi connectivity index (χ1) is 4.75. The quantitative estimate of drug-likeness (QED) is 0.610. The van der Waals surface area contributed by atoms with Crippen LogP contribution in [0.25, 0.3) is 0 Å². The first-order valence-corrected chi connectivity index (χ1v) is 3.72. The van der Waals surface area contributed by atoms with E-state index in [4.69, 9.17) is 0 Å². The zero-order valence-electron chi connectivity index (χ0n) is 6.83. The minimum Gasteiger partial charge on any atom is -0.337 e. The Hall–Kier alpha value is -0.790. The second-order valence-electron chi connectivity index (χ2n) is 2.74. The molecule has 1 atom stereocenters. The van der Waals surface area contributed by atoms with Crippen LogP contribution in [0, 0.1) is 0 Å². The second kappa shape index (κ2) is 2.86. The first-order valence-electron chi connectivity index (χ1n) is 3.72. The van der Waals surface area contributed by atoms with Crippen LogP contribution in [-0.2, 0) is 7.05 Å². The van der Waals surface area contributed by atoms with Crippen LogP contribution < -0.4 is 0 Å². The van der Waals surface area contributed by atoms with Gasteiger partial charge in [0.2, 0.25) is 0 Å². The molecule has 0 N–H and O–H groups in total. The van der Waals surface area contributed by atoms with E-state index in [0.717, 1.165) is 0 Å². The monoisotopic (exact) mass is 138 g/mol. The van der Waals surface area contributed by atoms with Crippen molar-refractivity contribution in [3.63, 3.8) is 0 Å². The maximum Gasteiger partial charge on any atom is 0.0945 e. The Kier molecular flexibility index (Phi) is 2.10. The Morgan fingerprint density at radius 3 is 2.80 bits per heavy atom. The Morgan fingerprint density at radius 1 is 1.70 bits per heavy atom. The molecule has 2 heteroatoms. The molecule has 0 radical (unpaired) electrons. The van der Waals surface area contributed by atoms with E-state index in [1.54, 1.807) is 0 Å². The SMILES string of the molecule is CCC(C)c1cncn1C. The fourth-order valence-corrected chi connectivity index (χ4v) is 1.05. The van der Waals surface area contributed by atoms with Gasteiger partial charge >= 0.3 is 0 Å².